The van der Waals surface area contributed by atoms with Crippen molar-refractivity contribution < 1.29 is 5.11 Å². The van der Waals surface area contributed by atoms with E-state index in [9.17, 15) is 0 Å². The van der Waals surface area contributed by atoms with Crippen LogP contribution in [0.4, 0.5) is 0 Å². The number of aromatic hydroxyl groups is 1. The summed E-state index contributed by atoms with van der Waals surface area (Å²) < 4.78 is 0. The van der Waals surface area contributed by atoms with E-state index < -0.39 is 0 Å². The molecule has 3 N–H and O–H groups in total. The number of nitrogens with one attached hydrogen (secondary N) is 2. The molecule has 0 aliphatic carbocycles. The van der Waals surface area contributed by atoms with Gasteiger partial charge >= 0.3 is 0 Å². The van der Waals surface area contributed by atoms with Crippen LogP contribution in [-0.4, -0.2) is 23.7 Å². The molecule has 90 valence electrons. The van der Waals surface area contributed by atoms with Crippen LogP contribution < -0.4 is 10.6 Å². The maximum atomic E-state index is 9.13. The monoisotopic (exact) mass is 222 g/mol. The summed E-state index contributed by atoms with van der Waals surface area (Å²) in [6.07, 6.45) is 0. The van der Waals surface area contributed by atoms with Crippen molar-refractivity contribution in [2.24, 2.45) is 0 Å². The minimum atomic E-state index is 0.181. The first-order valence-corrected chi connectivity index (χ1v) is 5.71. The first-order valence-electron chi connectivity index (χ1n) is 5.71. The van der Waals surface area contributed by atoms with Gasteiger partial charge in [-0.25, -0.2) is 0 Å². The number of hydrogen-bond donors (Lipinski definition) is 3. The molecular weight excluding hydrogens is 200 g/mol. The van der Waals surface area contributed by atoms with Crippen LogP contribution in [0, 0.1) is 0 Å². The van der Waals surface area contributed by atoms with Gasteiger partial charge in [0, 0.05) is 25.2 Å². The van der Waals surface area contributed by atoms with Gasteiger partial charge in [-0.3, -0.25) is 0 Å². The lowest BCUT2D eigenvalue weighted by atomic mass is 10.1. The van der Waals surface area contributed by atoms with Crippen molar-refractivity contribution >= 4 is 0 Å². The Hall–Kier alpha value is -1.06. The third-order valence-corrected chi connectivity index (χ3v) is 2.22. The molecule has 1 aromatic rings. The number of hydrogen-bond acceptors (Lipinski definition) is 3. The van der Waals surface area contributed by atoms with Crippen molar-refractivity contribution in [3.63, 3.8) is 0 Å². The van der Waals surface area contributed by atoms with E-state index in [0.29, 0.717) is 5.75 Å². The molecule has 0 aliphatic heterocycles. The Labute approximate surface area is 97.9 Å². The molecule has 0 aliphatic rings. The molecule has 0 heterocycles. The van der Waals surface area contributed by atoms with E-state index in [4.69, 9.17) is 5.11 Å². The summed E-state index contributed by atoms with van der Waals surface area (Å²) >= 11 is 0. The summed E-state index contributed by atoms with van der Waals surface area (Å²) in [7, 11) is 0. The van der Waals surface area contributed by atoms with E-state index in [2.05, 4.69) is 31.4 Å². The summed E-state index contributed by atoms with van der Waals surface area (Å²) in [6, 6.07) is 7.29. The van der Waals surface area contributed by atoms with Crippen LogP contribution in [-0.2, 0) is 6.54 Å². The second kappa shape index (κ2) is 5.87. The van der Waals surface area contributed by atoms with E-state index in [0.717, 1.165) is 19.6 Å². The Balaban J connectivity index is 2.14. The van der Waals surface area contributed by atoms with Crippen molar-refractivity contribution in [1.29, 1.82) is 0 Å². The van der Waals surface area contributed by atoms with Gasteiger partial charge in [0.15, 0.2) is 0 Å². The third kappa shape index (κ3) is 5.73. The average Bonchev–Trinajstić information content (AvgIpc) is 2.19. The molecule has 0 aromatic heterocycles. The summed E-state index contributed by atoms with van der Waals surface area (Å²) in [5, 5.41) is 15.9. The van der Waals surface area contributed by atoms with Gasteiger partial charge in [-0.2, -0.15) is 0 Å². The first kappa shape index (κ1) is 13.0. The summed E-state index contributed by atoms with van der Waals surface area (Å²) in [5.41, 5.74) is 1.37. The van der Waals surface area contributed by atoms with Crippen LogP contribution >= 0.6 is 0 Å². The molecular formula is C13H22N2O. The van der Waals surface area contributed by atoms with Gasteiger partial charge in [0.05, 0.1) is 0 Å². The van der Waals surface area contributed by atoms with E-state index >= 15 is 0 Å². The van der Waals surface area contributed by atoms with Gasteiger partial charge in [-0.05, 0) is 38.5 Å². The Morgan fingerprint density at radius 1 is 1.06 bits per heavy atom. The van der Waals surface area contributed by atoms with E-state index in [1.54, 1.807) is 12.1 Å². The third-order valence-electron chi connectivity index (χ3n) is 2.22. The molecule has 0 bridgehead atoms. The summed E-state index contributed by atoms with van der Waals surface area (Å²) in [6.45, 7) is 9.22. The van der Waals surface area contributed by atoms with Gasteiger partial charge in [0.25, 0.3) is 0 Å². The van der Waals surface area contributed by atoms with Gasteiger partial charge in [-0.1, -0.05) is 12.1 Å². The second-order valence-electron chi connectivity index (χ2n) is 5.02. The molecule has 0 unspecified atom stereocenters. The molecule has 0 fully saturated rings. The number of rotatable bonds is 5. The molecule has 3 nitrogen and oxygen atoms in total. The molecule has 0 saturated heterocycles. The molecule has 1 rings (SSSR count). The van der Waals surface area contributed by atoms with Crippen molar-refractivity contribution in [2.75, 3.05) is 13.1 Å². The Bertz CT molecular complexity index is 301. The Morgan fingerprint density at radius 3 is 2.25 bits per heavy atom. The topological polar surface area (TPSA) is 44.3 Å². The highest BCUT2D eigenvalue weighted by Gasteiger charge is 2.06. The molecule has 0 amide bonds. The van der Waals surface area contributed by atoms with E-state index in [1.165, 1.54) is 5.56 Å². The normalized spacial score (nSPS) is 11.7. The highest BCUT2D eigenvalue weighted by molar-refractivity contribution is 5.25. The zero-order valence-corrected chi connectivity index (χ0v) is 10.4. The smallest absolute Gasteiger partial charge is 0.115 e. The molecule has 0 saturated carbocycles. The lowest BCUT2D eigenvalue weighted by Crippen LogP contribution is -2.40. The SMILES string of the molecule is CC(C)(C)NCCNCc1ccc(O)cc1. The minimum absolute atomic E-state index is 0.181. The summed E-state index contributed by atoms with van der Waals surface area (Å²) in [5.74, 6) is 0.318. The fourth-order valence-corrected chi connectivity index (χ4v) is 1.37. The standard InChI is InChI=1S/C13H22N2O/c1-13(2,3)15-9-8-14-10-11-4-6-12(16)7-5-11/h4-7,14-16H,8-10H2,1-3H3. The minimum Gasteiger partial charge on any atom is -0.508 e. The quantitative estimate of drug-likeness (QED) is 0.666. The fourth-order valence-electron chi connectivity index (χ4n) is 1.37. The van der Waals surface area contributed by atoms with Crippen molar-refractivity contribution in [3.8, 4) is 5.75 Å². The van der Waals surface area contributed by atoms with Gasteiger partial charge < -0.3 is 15.7 Å². The van der Waals surface area contributed by atoms with Crippen LogP contribution in [0.2, 0.25) is 0 Å². The average molecular weight is 222 g/mol. The van der Waals surface area contributed by atoms with Crippen LogP contribution in [0.1, 0.15) is 26.3 Å². The Morgan fingerprint density at radius 2 is 1.69 bits per heavy atom. The number of phenolic OH excluding ortho intramolecular Hbond substituents is 1. The zero-order valence-electron chi connectivity index (χ0n) is 10.4. The molecule has 3 heteroatoms. The lowest BCUT2D eigenvalue weighted by molar-refractivity contribution is 0.421. The lowest BCUT2D eigenvalue weighted by Gasteiger charge is -2.20. The van der Waals surface area contributed by atoms with Gasteiger partial charge in [-0.15, -0.1) is 0 Å². The summed E-state index contributed by atoms with van der Waals surface area (Å²) in [4.78, 5) is 0. The molecule has 0 radical (unpaired) electrons. The van der Waals surface area contributed by atoms with Crippen molar-refractivity contribution in [3.05, 3.63) is 29.8 Å². The van der Waals surface area contributed by atoms with Gasteiger partial charge in [0.1, 0.15) is 5.75 Å². The second-order valence-corrected chi connectivity index (χ2v) is 5.02. The predicted molar refractivity (Wildman–Crippen MR) is 67.6 cm³/mol. The van der Waals surface area contributed by atoms with Gasteiger partial charge in [0.2, 0.25) is 0 Å². The first-order chi connectivity index (χ1) is 7.47. The molecule has 0 atom stereocenters. The predicted octanol–water partition coefficient (Wildman–Crippen LogP) is 1.87. The van der Waals surface area contributed by atoms with Crippen LogP contribution in [0.25, 0.3) is 0 Å². The molecule has 16 heavy (non-hydrogen) atoms. The van der Waals surface area contributed by atoms with Crippen LogP contribution in [0.5, 0.6) is 5.75 Å². The highest BCUT2D eigenvalue weighted by atomic mass is 16.3. The maximum absolute atomic E-state index is 9.13. The molecule has 1 aromatic carbocycles. The number of phenols is 1. The van der Waals surface area contributed by atoms with Crippen LogP contribution in [0.15, 0.2) is 24.3 Å². The fraction of sp³-hybridized carbons (Fsp3) is 0.538. The highest BCUT2D eigenvalue weighted by Crippen LogP contribution is 2.08. The Kier molecular flexibility index (Phi) is 4.77. The maximum Gasteiger partial charge on any atom is 0.115 e. The molecule has 0 spiro atoms. The zero-order chi connectivity index (χ0) is 12.0. The van der Waals surface area contributed by atoms with Crippen molar-refractivity contribution in [1.82, 2.24) is 10.6 Å². The largest absolute Gasteiger partial charge is 0.508 e. The van der Waals surface area contributed by atoms with Crippen molar-refractivity contribution in [2.45, 2.75) is 32.9 Å². The number of benzene rings is 1. The van der Waals surface area contributed by atoms with Crippen LogP contribution in [0.3, 0.4) is 0 Å². The van der Waals surface area contributed by atoms with E-state index in [1.807, 2.05) is 12.1 Å². The van der Waals surface area contributed by atoms with E-state index in [-0.39, 0.29) is 5.54 Å².